The van der Waals surface area contributed by atoms with E-state index < -0.39 is 5.92 Å². The summed E-state index contributed by atoms with van der Waals surface area (Å²) in [7, 11) is 0. The lowest BCUT2D eigenvalue weighted by atomic mass is 9.87. The molecule has 0 radical (unpaired) electrons. The Balaban J connectivity index is 1.50. The maximum Gasteiger partial charge on any atom is 0.241 e. The summed E-state index contributed by atoms with van der Waals surface area (Å²) in [6, 6.07) is 27.5. The predicted molar refractivity (Wildman–Crippen MR) is 139 cm³/mol. The molecule has 0 unspecified atom stereocenters. The SMILES string of the molecule is CCc1cccc2sc(N(Cc3ccccn3)C(=O)C3c4ccccc4Oc4ccccc43)nc12. The monoisotopic (exact) mass is 477 g/mol. The lowest BCUT2D eigenvalue weighted by molar-refractivity contribution is -0.119. The maximum absolute atomic E-state index is 14.5. The third-order valence-corrected chi connectivity index (χ3v) is 7.39. The molecule has 0 saturated carbocycles. The minimum absolute atomic E-state index is 0.0454. The second-order valence-corrected chi connectivity index (χ2v) is 9.48. The number of aromatic nitrogens is 2. The summed E-state index contributed by atoms with van der Waals surface area (Å²) < 4.78 is 7.22. The van der Waals surface area contributed by atoms with Crippen LogP contribution in [0, 0.1) is 0 Å². The average Bonchev–Trinajstić information content (AvgIpc) is 3.35. The first kappa shape index (κ1) is 21.5. The van der Waals surface area contributed by atoms with Crippen LogP contribution in [-0.4, -0.2) is 15.9 Å². The normalized spacial score (nSPS) is 12.6. The Morgan fingerprint density at radius 1 is 0.914 bits per heavy atom. The number of amides is 1. The van der Waals surface area contributed by atoms with Crippen molar-refractivity contribution in [3.63, 3.8) is 0 Å². The van der Waals surface area contributed by atoms with Gasteiger partial charge in [-0.25, -0.2) is 4.98 Å². The number of benzene rings is 3. The van der Waals surface area contributed by atoms with E-state index in [9.17, 15) is 4.79 Å². The fourth-order valence-corrected chi connectivity index (χ4v) is 5.64. The molecule has 5 aromatic rings. The number of aryl methyl sites for hydroxylation is 1. The molecule has 6 heteroatoms. The van der Waals surface area contributed by atoms with Gasteiger partial charge in [-0.1, -0.05) is 72.9 Å². The minimum Gasteiger partial charge on any atom is -0.457 e. The van der Waals surface area contributed by atoms with E-state index in [0.717, 1.165) is 33.5 Å². The molecule has 172 valence electrons. The highest BCUT2D eigenvalue weighted by Crippen LogP contribution is 2.45. The van der Waals surface area contributed by atoms with Gasteiger partial charge in [0, 0.05) is 17.3 Å². The van der Waals surface area contributed by atoms with Gasteiger partial charge in [0.1, 0.15) is 11.5 Å². The molecule has 0 bridgehead atoms. The number of pyridine rings is 1. The zero-order valence-corrected chi connectivity index (χ0v) is 20.0. The largest absolute Gasteiger partial charge is 0.457 e. The van der Waals surface area contributed by atoms with Crippen LogP contribution in [0.15, 0.2) is 91.1 Å². The van der Waals surface area contributed by atoms with Crippen LogP contribution in [-0.2, 0) is 17.8 Å². The summed E-state index contributed by atoms with van der Waals surface area (Å²) in [6.45, 7) is 2.46. The third kappa shape index (κ3) is 3.86. The van der Waals surface area contributed by atoms with Crippen LogP contribution in [0.1, 0.15) is 35.2 Å². The predicted octanol–water partition coefficient (Wildman–Crippen LogP) is 6.72. The summed E-state index contributed by atoms with van der Waals surface area (Å²) in [5.41, 5.74) is 4.67. The quantitative estimate of drug-likeness (QED) is 0.282. The van der Waals surface area contributed by atoms with E-state index in [-0.39, 0.29) is 5.91 Å². The fraction of sp³-hybridized carbons (Fsp3) is 0.138. The molecule has 1 aliphatic heterocycles. The van der Waals surface area contributed by atoms with Gasteiger partial charge < -0.3 is 4.74 Å². The van der Waals surface area contributed by atoms with Crippen LogP contribution >= 0.6 is 11.3 Å². The van der Waals surface area contributed by atoms with Gasteiger partial charge in [0.25, 0.3) is 0 Å². The van der Waals surface area contributed by atoms with E-state index >= 15 is 0 Å². The topological polar surface area (TPSA) is 55.3 Å². The van der Waals surface area contributed by atoms with E-state index in [1.165, 1.54) is 5.56 Å². The highest BCUT2D eigenvalue weighted by molar-refractivity contribution is 7.22. The summed E-state index contributed by atoms with van der Waals surface area (Å²) in [5, 5.41) is 0.679. The number of thiazole rings is 1. The molecule has 5 nitrogen and oxygen atoms in total. The van der Waals surface area contributed by atoms with Crippen molar-refractivity contribution in [2.24, 2.45) is 0 Å². The van der Waals surface area contributed by atoms with E-state index in [0.29, 0.717) is 23.2 Å². The Morgan fingerprint density at radius 2 is 1.63 bits per heavy atom. The highest BCUT2D eigenvalue weighted by Gasteiger charge is 2.36. The van der Waals surface area contributed by atoms with Crippen molar-refractivity contribution >= 4 is 32.6 Å². The molecule has 0 fully saturated rings. The van der Waals surface area contributed by atoms with Crippen molar-refractivity contribution < 1.29 is 9.53 Å². The van der Waals surface area contributed by atoms with Crippen molar-refractivity contribution in [1.29, 1.82) is 0 Å². The standard InChI is InChI=1S/C29H23N3O2S/c1-2-19-10-9-16-25-27(19)31-29(35-25)32(18-20-11-7-8-17-30-20)28(33)26-21-12-3-5-14-23(21)34-24-15-6-4-13-22(24)26/h3-17,26H,2,18H2,1H3. The molecule has 3 aromatic carbocycles. The molecule has 3 heterocycles. The minimum atomic E-state index is -0.502. The van der Waals surface area contributed by atoms with Crippen molar-refractivity contribution in [3.8, 4) is 11.5 Å². The average molecular weight is 478 g/mol. The Kier molecular flexibility index (Phi) is 5.51. The Hall–Kier alpha value is -4.03. The first-order valence-electron chi connectivity index (χ1n) is 11.7. The molecule has 6 rings (SSSR count). The summed E-state index contributed by atoms with van der Waals surface area (Å²) >= 11 is 1.54. The van der Waals surface area contributed by atoms with Gasteiger partial charge in [0.15, 0.2) is 5.13 Å². The van der Waals surface area contributed by atoms with Gasteiger partial charge in [0.05, 0.1) is 28.4 Å². The van der Waals surface area contributed by atoms with E-state index in [1.807, 2.05) is 66.7 Å². The Morgan fingerprint density at radius 3 is 2.31 bits per heavy atom. The number of carbonyl (C=O) groups excluding carboxylic acids is 1. The first-order chi connectivity index (χ1) is 17.2. The van der Waals surface area contributed by atoms with Crippen LogP contribution < -0.4 is 9.64 Å². The van der Waals surface area contributed by atoms with Crippen LogP contribution in [0.3, 0.4) is 0 Å². The van der Waals surface area contributed by atoms with Gasteiger partial charge in [-0.05, 0) is 42.3 Å². The van der Waals surface area contributed by atoms with E-state index in [4.69, 9.17) is 9.72 Å². The number of rotatable bonds is 5. The number of hydrogen-bond acceptors (Lipinski definition) is 5. The Bertz CT molecular complexity index is 1480. The molecular weight excluding hydrogens is 454 g/mol. The van der Waals surface area contributed by atoms with Gasteiger partial charge >= 0.3 is 0 Å². The van der Waals surface area contributed by atoms with Gasteiger partial charge in [-0.3, -0.25) is 14.7 Å². The summed E-state index contributed by atoms with van der Waals surface area (Å²) in [4.78, 5) is 25.7. The molecule has 0 N–H and O–H groups in total. The van der Waals surface area contributed by atoms with Crippen LogP contribution in [0.2, 0.25) is 0 Å². The van der Waals surface area contributed by atoms with Gasteiger partial charge in [-0.2, -0.15) is 0 Å². The van der Waals surface area contributed by atoms with E-state index in [1.54, 1.807) is 22.4 Å². The van der Waals surface area contributed by atoms with Crippen LogP contribution in [0.4, 0.5) is 5.13 Å². The smallest absolute Gasteiger partial charge is 0.241 e. The molecule has 35 heavy (non-hydrogen) atoms. The van der Waals surface area contributed by atoms with E-state index in [2.05, 4.69) is 30.1 Å². The lowest BCUT2D eigenvalue weighted by Gasteiger charge is -2.31. The number of fused-ring (bicyclic) bond motifs is 3. The molecular formula is C29H23N3O2S. The molecule has 0 atom stereocenters. The number of ether oxygens (including phenoxy) is 1. The van der Waals surface area contributed by atoms with Gasteiger partial charge in [-0.15, -0.1) is 0 Å². The number of hydrogen-bond donors (Lipinski definition) is 0. The highest BCUT2D eigenvalue weighted by atomic mass is 32.1. The van der Waals surface area contributed by atoms with Crippen molar-refractivity contribution in [2.45, 2.75) is 25.8 Å². The molecule has 2 aromatic heterocycles. The second-order valence-electron chi connectivity index (χ2n) is 8.47. The summed E-state index contributed by atoms with van der Waals surface area (Å²) in [6.07, 6.45) is 2.64. The number of carbonyl (C=O) groups is 1. The zero-order chi connectivity index (χ0) is 23.8. The van der Waals surface area contributed by atoms with Crippen molar-refractivity contribution in [3.05, 3.63) is 114 Å². The lowest BCUT2D eigenvalue weighted by Crippen LogP contribution is -2.36. The fourth-order valence-electron chi connectivity index (χ4n) is 4.62. The maximum atomic E-state index is 14.5. The Labute approximate surface area is 207 Å². The molecule has 0 saturated heterocycles. The van der Waals surface area contributed by atoms with Crippen LogP contribution in [0.5, 0.6) is 11.5 Å². The third-order valence-electron chi connectivity index (χ3n) is 6.34. The number of nitrogens with zero attached hydrogens (tertiary/aromatic N) is 3. The van der Waals surface area contributed by atoms with Crippen molar-refractivity contribution in [2.75, 3.05) is 4.90 Å². The van der Waals surface area contributed by atoms with Crippen molar-refractivity contribution in [1.82, 2.24) is 9.97 Å². The second kappa shape index (κ2) is 8.96. The molecule has 1 amide bonds. The summed E-state index contributed by atoms with van der Waals surface area (Å²) in [5.74, 6) is 0.869. The number of anilines is 1. The zero-order valence-electron chi connectivity index (χ0n) is 19.2. The molecule has 1 aliphatic rings. The number of para-hydroxylation sites is 3. The molecule has 0 spiro atoms. The molecule has 0 aliphatic carbocycles. The first-order valence-corrected chi connectivity index (χ1v) is 12.5. The van der Waals surface area contributed by atoms with Gasteiger partial charge in [0.2, 0.25) is 5.91 Å². The van der Waals surface area contributed by atoms with Crippen LogP contribution in [0.25, 0.3) is 10.2 Å².